The van der Waals surface area contributed by atoms with E-state index in [1.54, 1.807) is 4.90 Å². The topological polar surface area (TPSA) is 78.9 Å². The van der Waals surface area contributed by atoms with Gasteiger partial charge in [0.15, 0.2) is 0 Å². The molecule has 6 heteroatoms. The van der Waals surface area contributed by atoms with Crippen molar-refractivity contribution in [1.29, 1.82) is 0 Å². The van der Waals surface area contributed by atoms with Gasteiger partial charge in [-0.3, -0.25) is 9.69 Å². The zero-order valence-corrected chi connectivity index (χ0v) is 10.9. The van der Waals surface area contributed by atoms with E-state index in [4.69, 9.17) is 9.84 Å². The number of hydrogen-bond donors (Lipinski definition) is 2. The molecule has 1 aromatic carbocycles. The molecule has 2 aliphatic heterocycles. The van der Waals surface area contributed by atoms with Crippen molar-refractivity contribution in [1.82, 2.24) is 10.2 Å². The molecule has 6 nitrogen and oxygen atoms in total. The molecule has 1 saturated heterocycles. The average Bonchev–Trinajstić information content (AvgIpc) is 3.04. The van der Waals surface area contributed by atoms with Crippen LogP contribution in [0.3, 0.4) is 0 Å². The van der Waals surface area contributed by atoms with Crippen LogP contribution >= 0.6 is 0 Å². The largest absolute Gasteiger partial charge is 0.480 e. The van der Waals surface area contributed by atoms with E-state index in [1.807, 2.05) is 24.3 Å². The van der Waals surface area contributed by atoms with Crippen LogP contribution in [-0.2, 0) is 22.6 Å². The molecule has 0 aliphatic carbocycles. The van der Waals surface area contributed by atoms with Crippen LogP contribution in [0.25, 0.3) is 0 Å². The Morgan fingerprint density at radius 2 is 1.90 bits per heavy atom. The fourth-order valence-corrected chi connectivity index (χ4v) is 2.66. The number of hydrogen-bond acceptors (Lipinski definition) is 4. The lowest BCUT2D eigenvalue weighted by molar-refractivity contribution is -0.139. The lowest BCUT2D eigenvalue weighted by Gasteiger charge is -2.18. The summed E-state index contributed by atoms with van der Waals surface area (Å²) in [7, 11) is 0. The number of benzene rings is 1. The fourth-order valence-electron chi connectivity index (χ4n) is 2.66. The highest BCUT2D eigenvalue weighted by Gasteiger charge is 2.33. The second-order valence-electron chi connectivity index (χ2n) is 5.17. The van der Waals surface area contributed by atoms with Gasteiger partial charge in [-0.15, -0.1) is 0 Å². The number of aliphatic carboxylic acids is 1. The van der Waals surface area contributed by atoms with Gasteiger partial charge in [-0.1, -0.05) is 24.3 Å². The number of nitrogens with one attached hydrogen (secondary N) is 1. The maximum atomic E-state index is 12.1. The van der Waals surface area contributed by atoms with Crippen LogP contribution in [0.2, 0.25) is 0 Å². The van der Waals surface area contributed by atoms with Crippen molar-refractivity contribution in [2.45, 2.75) is 31.7 Å². The SMILES string of the molecule is O=C(O)[C@@H]1C[C@@H](OC(=O)N2Cc3ccccc3C2)CN1. The van der Waals surface area contributed by atoms with E-state index >= 15 is 0 Å². The van der Waals surface area contributed by atoms with Crippen LogP contribution in [0.15, 0.2) is 24.3 Å². The first-order chi connectivity index (χ1) is 9.63. The van der Waals surface area contributed by atoms with Gasteiger partial charge >= 0.3 is 12.1 Å². The molecule has 0 radical (unpaired) electrons. The van der Waals surface area contributed by atoms with E-state index in [0.717, 1.165) is 11.1 Å². The molecule has 1 fully saturated rings. The summed E-state index contributed by atoms with van der Waals surface area (Å²) in [4.78, 5) is 24.5. The zero-order chi connectivity index (χ0) is 14.1. The van der Waals surface area contributed by atoms with Crippen molar-refractivity contribution >= 4 is 12.1 Å². The van der Waals surface area contributed by atoms with Gasteiger partial charge < -0.3 is 15.2 Å². The van der Waals surface area contributed by atoms with Gasteiger partial charge in [0.1, 0.15) is 12.1 Å². The molecule has 0 bridgehead atoms. The summed E-state index contributed by atoms with van der Waals surface area (Å²) in [6.45, 7) is 1.50. The first kappa shape index (κ1) is 12.9. The van der Waals surface area contributed by atoms with E-state index in [-0.39, 0.29) is 12.2 Å². The highest BCUT2D eigenvalue weighted by atomic mass is 16.6. The molecular weight excluding hydrogens is 260 g/mol. The van der Waals surface area contributed by atoms with Crippen molar-refractivity contribution in [2.24, 2.45) is 0 Å². The Bertz CT molecular complexity index is 521. The van der Waals surface area contributed by atoms with Gasteiger partial charge in [0.05, 0.1) is 0 Å². The molecule has 2 atom stereocenters. The summed E-state index contributed by atoms with van der Waals surface area (Å²) < 4.78 is 5.37. The first-order valence-corrected chi connectivity index (χ1v) is 6.62. The maximum absolute atomic E-state index is 12.1. The summed E-state index contributed by atoms with van der Waals surface area (Å²) >= 11 is 0. The van der Waals surface area contributed by atoms with Crippen molar-refractivity contribution < 1.29 is 19.4 Å². The number of carbonyl (C=O) groups is 2. The third-order valence-corrected chi connectivity index (χ3v) is 3.76. The van der Waals surface area contributed by atoms with Gasteiger partial charge in [0.25, 0.3) is 0 Å². The number of fused-ring (bicyclic) bond motifs is 1. The Labute approximate surface area is 116 Å². The first-order valence-electron chi connectivity index (χ1n) is 6.62. The van der Waals surface area contributed by atoms with Crippen LogP contribution in [0, 0.1) is 0 Å². The molecule has 0 saturated carbocycles. The maximum Gasteiger partial charge on any atom is 0.410 e. The third-order valence-electron chi connectivity index (χ3n) is 3.76. The molecular formula is C14H16N2O4. The number of carboxylic acids is 1. The van der Waals surface area contributed by atoms with Gasteiger partial charge in [0, 0.05) is 26.1 Å². The van der Waals surface area contributed by atoms with Crippen molar-refractivity contribution in [3.8, 4) is 0 Å². The number of nitrogens with zero attached hydrogens (tertiary/aromatic N) is 1. The summed E-state index contributed by atoms with van der Waals surface area (Å²) in [6, 6.07) is 7.28. The smallest absolute Gasteiger partial charge is 0.410 e. The summed E-state index contributed by atoms with van der Waals surface area (Å²) in [5.41, 5.74) is 2.27. The van der Waals surface area contributed by atoms with Gasteiger partial charge in [0.2, 0.25) is 0 Å². The predicted octanol–water partition coefficient (Wildman–Crippen LogP) is 0.954. The minimum atomic E-state index is -0.905. The zero-order valence-electron chi connectivity index (χ0n) is 10.9. The van der Waals surface area contributed by atoms with Crippen molar-refractivity contribution in [3.05, 3.63) is 35.4 Å². The van der Waals surface area contributed by atoms with E-state index in [9.17, 15) is 9.59 Å². The summed E-state index contributed by atoms with van der Waals surface area (Å²) in [5.74, 6) is -0.905. The molecule has 106 valence electrons. The Balaban J connectivity index is 1.56. The van der Waals surface area contributed by atoms with Crippen LogP contribution in [-0.4, -0.2) is 40.8 Å². The van der Waals surface area contributed by atoms with Gasteiger partial charge in [-0.05, 0) is 11.1 Å². The van der Waals surface area contributed by atoms with Crippen LogP contribution in [0.5, 0.6) is 0 Å². The summed E-state index contributed by atoms with van der Waals surface area (Å²) in [6.07, 6.45) is -0.423. The second-order valence-corrected chi connectivity index (χ2v) is 5.17. The monoisotopic (exact) mass is 276 g/mol. The number of ether oxygens (including phenoxy) is 1. The Hall–Kier alpha value is -2.08. The molecule has 2 aliphatic rings. The average molecular weight is 276 g/mol. The van der Waals surface area contributed by atoms with E-state index in [0.29, 0.717) is 26.1 Å². The molecule has 0 spiro atoms. The fraction of sp³-hybridized carbons (Fsp3) is 0.429. The predicted molar refractivity (Wildman–Crippen MR) is 70.0 cm³/mol. The highest BCUT2D eigenvalue weighted by molar-refractivity contribution is 5.74. The molecule has 2 heterocycles. The second kappa shape index (κ2) is 5.13. The van der Waals surface area contributed by atoms with Crippen molar-refractivity contribution in [3.63, 3.8) is 0 Å². The summed E-state index contributed by atoms with van der Waals surface area (Å²) in [5, 5.41) is 11.7. The molecule has 1 amide bonds. The molecule has 0 unspecified atom stereocenters. The quantitative estimate of drug-likeness (QED) is 0.841. The number of amides is 1. The lowest BCUT2D eigenvalue weighted by Crippen LogP contribution is -2.31. The van der Waals surface area contributed by atoms with Crippen LogP contribution in [0.1, 0.15) is 17.5 Å². The van der Waals surface area contributed by atoms with E-state index < -0.39 is 12.0 Å². The standard InChI is InChI=1S/C14H16N2O4/c17-13(18)12-5-11(6-15-12)20-14(19)16-7-9-3-1-2-4-10(9)8-16/h1-4,11-12,15H,5-8H2,(H,17,18)/t11-,12+/m1/s1. The number of carboxylic acid groups (broad SMARTS) is 1. The highest BCUT2D eigenvalue weighted by Crippen LogP contribution is 2.23. The van der Waals surface area contributed by atoms with E-state index in [1.165, 1.54) is 0 Å². The van der Waals surface area contributed by atoms with Crippen LogP contribution < -0.4 is 5.32 Å². The van der Waals surface area contributed by atoms with E-state index in [2.05, 4.69) is 5.32 Å². The Morgan fingerprint density at radius 1 is 1.25 bits per heavy atom. The minimum Gasteiger partial charge on any atom is -0.480 e. The van der Waals surface area contributed by atoms with Crippen molar-refractivity contribution in [2.75, 3.05) is 6.54 Å². The van der Waals surface area contributed by atoms with Gasteiger partial charge in [-0.25, -0.2) is 4.79 Å². The minimum absolute atomic E-state index is 0.321. The lowest BCUT2D eigenvalue weighted by atomic mass is 10.1. The third kappa shape index (κ3) is 2.46. The van der Waals surface area contributed by atoms with Gasteiger partial charge in [-0.2, -0.15) is 0 Å². The molecule has 1 aromatic rings. The normalized spacial score (nSPS) is 24.5. The molecule has 3 rings (SSSR count). The molecule has 0 aromatic heterocycles. The number of carbonyl (C=O) groups excluding carboxylic acids is 1. The Morgan fingerprint density at radius 3 is 2.45 bits per heavy atom. The van der Waals surface area contributed by atoms with Crippen LogP contribution in [0.4, 0.5) is 4.79 Å². The number of rotatable bonds is 2. The molecule has 2 N–H and O–H groups in total. The Kier molecular flexibility index (Phi) is 3.31. The molecule has 20 heavy (non-hydrogen) atoms.